The van der Waals surface area contributed by atoms with Crippen LogP contribution >= 0.6 is 11.6 Å². The second kappa shape index (κ2) is 4.30. The van der Waals surface area contributed by atoms with Gasteiger partial charge >= 0.3 is 6.03 Å². The van der Waals surface area contributed by atoms with Crippen LogP contribution in [0.5, 0.6) is 0 Å². The first-order valence-corrected chi connectivity index (χ1v) is 4.44. The van der Waals surface area contributed by atoms with Crippen molar-refractivity contribution in [2.75, 3.05) is 12.4 Å². The lowest BCUT2D eigenvalue weighted by atomic mass is 10.2. The van der Waals surface area contributed by atoms with Crippen molar-refractivity contribution >= 4 is 23.3 Å². The Bertz CT molecular complexity index is 352. The molecule has 0 saturated heterocycles. The minimum absolute atomic E-state index is 0.379. The molecule has 0 unspecified atom stereocenters. The summed E-state index contributed by atoms with van der Waals surface area (Å²) in [6.07, 6.45) is 0. The lowest BCUT2D eigenvalue weighted by molar-refractivity contribution is 0.223. The molecule has 4 nitrogen and oxygen atoms in total. The van der Waals surface area contributed by atoms with E-state index in [0.29, 0.717) is 10.7 Å². The average Bonchev–Trinajstić information content (AvgIpc) is 2.11. The van der Waals surface area contributed by atoms with Gasteiger partial charge in [0.2, 0.25) is 0 Å². The molecule has 0 saturated carbocycles. The first kappa shape index (κ1) is 10.8. The molecule has 0 aromatic heterocycles. The number of hydrazine groups is 1. The van der Waals surface area contributed by atoms with E-state index in [-0.39, 0.29) is 6.03 Å². The molecule has 0 aliphatic rings. The van der Waals surface area contributed by atoms with Crippen molar-refractivity contribution in [1.82, 2.24) is 5.01 Å². The fourth-order valence-electron chi connectivity index (χ4n) is 0.932. The molecule has 0 aliphatic heterocycles. The van der Waals surface area contributed by atoms with E-state index >= 15 is 0 Å². The highest BCUT2D eigenvalue weighted by Crippen LogP contribution is 2.20. The monoisotopic (exact) mass is 213 g/mol. The van der Waals surface area contributed by atoms with Gasteiger partial charge in [-0.05, 0) is 24.6 Å². The van der Waals surface area contributed by atoms with Crippen molar-refractivity contribution < 1.29 is 4.79 Å². The molecule has 0 heterocycles. The number of urea groups is 1. The third kappa shape index (κ3) is 2.61. The van der Waals surface area contributed by atoms with Crippen molar-refractivity contribution in [1.29, 1.82) is 0 Å². The molecule has 1 aromatic carbocycles. The van der Waals surface area contributed by atoms with Crippen molar-refractivity contribution in [3.63, 3.8) is 0 Å². The maximum Gasteiger partial charge on any atom is 0.335 e. The third-order valence-electron chi connectivity index (χ3n) is 1.76. The quantitative estimate of drug-likeness (QED) is 0.426. The first-order valence-electron chi connectivity index (χ1n) is 4.06. The second-order valence-electron chi connectivity index (χ2n) is 3.00. The second-order valence-corrected chi connectivity index (χ2v) is 3.44. The standard InChI is InChI=1S/C9H12ClN3O/c1-6-3-4-7(10)5-8(6)12-9(14)13(2)11/h3-5H,11H2,1-2H3,(H,12,14). The number of benzene rings is 1. The van der Waals surface area contributed by atoms with Crippen molar-refractivity contribution in [3.05, 3.63) is 28.8 Å². The number of aryl methyl sites for hydroxylation is 1. The minimum Gasteiger partial charge on any atom is -0.306 e. The van der Waals surface area contributed by atoms with Gasteiger partial charge in [-0.1, -0.05) is 17.7 Å². The summed E-state index contributed by atoms with van der Waals surface area (Å²) >= 11 is 5.78. The summed E-state index contributed by atoms with van der Waals surface area (Å²) in [7, 11) is 1.47. The summed E-state index contributed by atoms with van der Waals surface area (Å²) in [6.45, 7) is 1.88. The number of amides is 2. The number of nitrogens with zero attached hydrogens (tertiary/aromatic N) is 1. The molecule has 3 N–H and O–H groups in total. The Morgan fingerprint density at radius 3 is 2.79 bits per heavy atom. The molecule has 14 heavy (non-hydrogen) atoms. The number of halogens is 1. The highest BCUT2D eigenvalue weighted by molar-refractivity contribution is 6.31. The predicted molar refractivity (Wildman–Crippen MR) is 57.2 cm³/mol. The summed E-state index contributed by atoms with van der Waals surface area (Å²) < 4.78 is 0. The molecule has 0 aliphatic carbocycles. The van der Waals surface area contributed by atoms with Gasteiger partial charge in [-0.3, -0.25) is 5.01 Å². The van der Waals surface area contributed by atoms with Crippen LogP contribution in [0.2, 0.25) is 5.02 Å². The molecule has 5 heteroatoms. The maximum atomic E-state index is 11.2. The topological polar surface area (TPSA) is 58.4 Å². The van der Waals surface area contributed by atoms with E-state index < -0.39 is 0 Å². The predicted octanol–water partition coefficient (Wildman–Crippen LogP) is 1.99. The number of carbonyl (C=O) groups is 1. The van der Waals surface area contributed by atoms with Gasteiger partial charge in [0.05, 0.1) is 0 Å². The zero-order chi connectivity index (χ0) is 10.7. The van der Waals surface area contributed by atoms with Gasteiger partial charge in [-0.25, -0.2) is 10.6 Å². The lowest BCUT2D eigenvalue weighted by Gasteiger charge is -2.13. The lowest BCUT2D eigenvalue weighted by Crippen LogP contribution is -2.36. The van der Waals surface area contributed by atoms with E-state index in [9.17, 15) is 4.79 Å². The van der Waals surface area contributed by atoms with Crippen molar-refractivity contribution in [2.24, 2.45) is 5.84 Å². The molecule has 0 bridgehead atoms. The molecule has 76 valence electrons. The van der Waals surface area contributed by atoms with Crippen LogP contribution < -0.4 is 11.2 Å². The highest BCUT2D eigenvalue weighted by atomic mass is 35.5. The minimum atomic E-state index is -0.379. The fourth-order valence-corrected chi connectivity index (χ4v) is 1.10. The number of rotatable bonds is 1. The highest BCUT2D eigenvalue weighted by Gasteiger charge is 2.06. The van der Waals surface area contributed by atoms with Crippen LogP contribution in [-0.2, 0) is 0 Å². The van der Waals surface area contributed by atoms with E-state index in [1.807, 2.05) is 13.0 Å². The molecule has 0 atom stereocenters. The van der Waals surface area contributed by atoms with E-state index in [1.165, 1.54) is 7.05 Å². The van der Waals surface area contributed by atoms with Crippen LogP contribution in [0.1, 0.15) is 5.56 Å². The van der Waals surface area contributed by atoms with E-state index in [1.54, 1.807) is 12.1 Å². The van der Waals surface area contributed by atoms with Gasteiger partial charge in [0, 0.05) is 17.8 Å². The number of anilines is 1. The van der Waals surface area contributed by atoms with Crippen LogP contribution in [0.3, 0.4) is 0 Å². The summed E-state index contributed by atoms with van der Waals surface area (Å²) in [4.78, 5) is 11.2. The fraction of sp³-hybridized carbons (Fsp3) is 0.222. The molecule has 1 rings (SSSR count). The molecule has 2 amide bonds. The van der Waals surface area contributed by atoms with Crippen LogP contribution in [0, 0.1) is 6.92 Å². The molecule has 0 fully saturated rings. The summed E-state index contributed by atoms with van der Waals surface area (Å²) in [5.74, 6) is 5.26. The van der Waals surface area contributed by atoms with Crippen molar-refractivity contribution in [3.8, 4) is 0 Å². The Morgan fingerprint density at radius 1 is 1.57 bits per heavy atom. The van der Waals surface area contributed by atoms with Crippen molar-refractivity contribution in [2.45, 2.75) is 6.92 Å². The van der Waals surface area contributed by atoms with Crippen LogP contribution in [0.25, 0.3) is 0 Å². The van der Waals surface area contributed by atoms with E-state index in [0.717, 1.165) is 10.6 Å². The maximum absolute atomic E-state index is 11.2. The Hall–Kier alpha value is -1.26. The summed E-state index contributed by atoms with van der Waals surface area (Å²) in [5.41, 5.74) is 1.60. The number of nitrogens with two attached hydrogens (primary N) is 1. The molecule has 1 aromatic rings. The van der Waals surface area contributed by atoms with Gasteiger partial charge in [0.1, 0.15) is 0 Å². The van der Waals surface area contributed by atoms with Gasteiger partial charge < -0.3 is 5.32 Å². The van der Waals surface area contributed by atoms with Gasteiger partial charge in [-0.2, -0.15) is 0 Å². The molecular weight excluding hydrogens is 202 g/mol. The van der Waals surface area contributed by atoms with Gasteiger partial charge in [-0.15, -0.1) is 0 Å². The Kier molecular flexibility index (Phi) is 3.33. The smallest absolute Gasteiger partial charge is 0.306 e. The average molecular weight is 214 g/mol. The largest absolute Gasteiger partial charge is 0.335 e. The van der Waals surface area contributed by atoms with Gasteiger partial charge in [0.25, 0.3) is 0 Å². The Morgan fingerprint density at radius 2 is 2.21 bits per heavy atom. The summed E-state index contributed by atoms with van der Waals surface area (Å²) in [5, 5.41) is 4.18. The van der Waals surface area contributed by atoms with Crippen LogP contribution in [-0.4, -0.2) is 18.1 Å². The molecule has 0 radical (unpaired) electrons. The Labute approximate surface area is 87.6 Å². The zero-order valence-corrected chi connectivity index (χ0v) is 8.80. The SMILES string of the molecule is Cc1ccc(Cl)cc1NC(=O)N(C)N. The van der Waals surface area contributed by atoms with E-state index in [4.69, 9.17) is 17.4 Å². The number of hydrogen-bond donors (Lipinski definition) is 2. The van der Waals surface area contributed by atoms with Crippen LogP contribution in [0.4, 0.5) is 10.5 Å². The number of nitrogens with one attached hydrogen (secondary N) is 1. The van der Waals surface area contributed by atoms with E-state index in [2.05, 4.69) is 5.32 Å². The molecule has 0 spiro atoms. The normalized spacial score (nSPS) is 9.71. The van der Waals surface area contributed by atoms with Gasteiger partial charge in [0.15, 0.2) is 0 Å². The van der Waals surface area contributed by atoms with Crippen LogP contribution in [0.15, 0.2) is 18.2 Å². The third-order valence-corrected chi connectivity index (χ3v) is 2.00. The number of hydrogen-bond acceptors (Lipinski definition) is 2. The Balaban J connectivity index is 2.86. The summed E-state index contributed by atoms with van der Waals surface area (Å²) in [6, 6.07) is 4.89. The first-order chi connectivity index (χ1) is 6.50. The molecular formula is C9H12ClN3O. The number of carbonyl (C=O) groups excluding carboxylic acids is 1. The zero-order valence-electron chi connectivity index (χ0n) is 8.04.